The number of non-ortho nitro benzene ring substituents is 1. The highest BCUT2D eigenvalue weighted by Gasteiger charge is 2.44. The van der Waals surface area contributed by atoms with Crippen LogP contribution in [0, 0.1) is 19.5 Å². The topological polar surface area (TPSA) is 101 Å². The summed E-state index contributed by atoms with van der Waals surface area (Å²) >= 11 is 2.11. The highest BCUT2D eigenvalue weighted by Crippen LogP contribution is 2.29. The van der Waals surface area contributed by atoms with Crippen LogP contribution in [0.3, 0.4) is 0 Å². The van der Waals surface area contributed by atoms with Crippen molar-refractivity contribution in [2.45, 2.75) is 19.0 Å². The Morgan fingerprint density at radius 1 is 1.09 bits per heavy atom. The molecule has 8 nitrogen and oxygen atoms in total. The fourth-order valence-corrected chi connectivity index (χ4v) is 4.11. The molecule has 34 heavy (non-hydrogen) atoms. The number of nitrogens with zero attached hydrogens (tertiary/aromatic N) is 3. The molecule has 1 aliphatic heterocycles. The van der Waals surface area contributed by atoms with Crippen molar-refractivity contribution in [3.8, 4) is 0 Å². The summed E-state index contributed by atoms with van der Waals surface area (Å²) in [6.07, 6.45) is -0.243. The Kier molecular flexibility index (Phi) is 6.68. The van der Waals surface area contributed by atoms with Gasteiger partial charge in [0.1, 0.15) is 11.9 Å². The molecule has 0 spiro atoms. The number of nitro benzene ring substituents is 1. The van der Waals surface area contributed by atoms with Gasteiger partial charge in [-0.3, -0.25) is 24.5 Å². The van der Waals surface area contributed by atoms with Gasteiger partial charge in [-0.1, -0.05) is 18.2 Å². The second-order valence-electron chi connectivity index (χ2n) is 7.63. The molecular formula is C24H17FIN3O5. The SMILES string of the molecule is O=C1CC(N(Cc2ccc(F)cc2)C(=O)c2cccc([N+](=O)[O-])c2)C(=O)N1c1ccc(I)cc1. The Morgan fingerprint density at radius 3 is 2.41 bits per heavy atom. The predicted molar refractivity (Wildman–Crippen MR) is 129 cm³/mol. The van der Waals surface area contributed by atoms with Crippen molar-refractivity contribution in [2.75, 3.05) is 4.90 Å². The standard InChI is InChI=1S/C24H17FIN3O5/c25-17-6-4-15(5-7-17)14-27(23(31)16-2-1-3-20(12-16)29(33)34)21-13-22(30)28(24(21)32)19-10-8-18(26)9-11-19/h1-12,21H,13-14H2. The number of halogens is 2. The van der Waals surface area contributed by atoms with Gasteiger partial charge in [0, 0.05) is 27.8 Å². The summed E-state index contributed by atoms with van der Waals surface area (Å²) in [4.78, 5) is 52.4. The average Bonchev–Trinajstić information content (AvgIpc) is 3.12. The molecule has 172 valence electrons. The van der Waals surface area contributed by atoms with Gasteiger partial charge in [-0.2, -0.15) is 0 Å². The van der Waals surface area contributed by atoms with Crippen molar-refractivity contribution < 1.29 is 23.7 Å². The van der Waals surface area contributed by atoms with Gasteiger partial charge >= 0.3 is 0 Å². The zero-order chi connectivity index (χ0) is 24.4. The molecule has 1 atom stereocenters. The second-order valence-corrected chi connectivity index (χ2v) is 8.88. The molecular weight excluding hydrogens is 556 g/mol. The fraction of sp³-hybridized carbons (Fsp3) is 0.125. The number of amides is 3. The van der Waals surface area contributed by atoms with Gasteiger partial charge in [0.05, 0.1) is 17.0 Å². The monoisotopic (exact) mass is 573 g/mol. The number of anilines is 1. The molecule has 1 fully saturated rings. The normalized spacial score (nSPS) is 15.5. The van der Waals surface area contributed by atoms with Crippen molar-refractivity contribution in [1.82, 2.24) is 4.90 Å². The van der Waals surface area contributed by atoms with Crippen molar-refractivity contribution in [1.29, 1.82) is 0 Å². The van der Waals surface area contributed by atoms with E-state index >= 15 is 0 Å². The third-order valence-electron chi connectivity index (χ3n) is 5.41. The first-order valence-corrected chi connectivity index (χ1v) is 11.2. The minimum atomic E-state index is -1.12. The Morgan fingerprint density at radius 2 is 1.76 bits per heavy atom. The zero-order valence-electron chi connectivity index (χ0n) is 17.6. The molecule has 3 amide bonds. The number of benzene rings is 3. The van der Waals surface area contributed by atoms with E-state index in [1.54, 1.807) is 24.3 Å². The predicted octanol–water partition coefficient (Wildman–Crippen LogP) is 4.31. The number of imide groups is 1. The summed E-state index contributed by atoms with van der Waals surface area (Å²) in [7, 11) is 0. The van der Waals surface area contributed by atoms with E-state index in [0.29, 0.717) is 11.3 Å². The van der Waals surface area contributed by atoms with E-state index in [4.69, 9.17) is 0 Å². The van der Waals surface area contributed by atoms with E-state index in [0.717, 1.165) is 14.5 Å². The summed E-state index contributed by atoms with van der Waals surface area (Å²) in [5.41, 5.74) is 0.654. The molecule has 3 aromatic carbocycles. The quantitative estimate of drug-likeness (QED) is 0.189. The molecule has 0 saturated carbocycles. The molecule has 0 aliphatic carbocycles. The molecule has 4 rings (SSSR count). The lowest BCUT2D eigenvalue weighted by Gasteiger charge is -2.28. The maximum Gasteiger partial charge on any atom is 0.270 e. The van der Waals surface area contributed by atoms with Crippen LogP contribution in [-0.4, -0.2) is 33.6 Å². The van der Waals surface area contributed by atoms with E-state index in [-0.39, 0.29) is 24.2 Å². The number of rotatable bonds is 6. The molecule has 1 saturated heterocycles. The fourth-order valence-electron chi connectivity index (χ4n) is 3.75. The number of hydrogen-bond acceptors (Lipinski definition) is 5. The maximum absolute atomic E-state index is 13.5. The number of carbonyl (C=O) groups excluding carboxylic acids is 3. The lowest BCUT2D eigenvalue weighted by atomic mass is 10.1. The lowest BCUT2D eigenvalue weighted by molar-refractivity contribution is -0.384. The van der Waals surface area contributed by atoms with Gasteiger partial charge < -0.3 is 4.90 Å². The largest absolute Gasteiger partial charge is 0.322 e. The third-order valence-corrected chi connectivity index (χ3v) is 6.13. The average molecular weight is 573 g/mol. The molecule has 3 aromatic rings. The lowest BCUT2D eigenvalue weighted by Crippen LogP contribution is -2.45. The minimum absolute atomic E-state index is 0.00396. The van der Waals surface area contributed by atoms with Crippen LogP contribution >= 0.6 is 22.6 Å². The van der Waals surface area contributed by atoms with E-state index in [1.165, 1.54) is 47.4 Å². The number of nitro groups is 1. The molecule has 1 aliphatic rings. The summed E-state index contributed by atoms with van der Waals surface area (Å²) < 4.78 is 14.3. The minimum Gasteiger partial charge on any atom is -0.322 e. The van der Waals surface area contributed by atoms with Gasteiger partial charge in [0.15, 0.2) is 0 Å². The highest BCUT2D eigenvalue weighted by atomic mass is 127. The second kappa shape index (κ2) is 9.67. The van der Waals surface area contributed by atoms with E-state index in [2.05, 4.69) is 22.6 Å². The maximum atomic E-state index is 13.5. The van der Waals surface area contributed by atoms with Crippen LogP contribution in [-0.2, 0) is 16.1 Å². The van der Waals surface area contributed by atoms with Crippen molar-refractivity contribution in [3.63, 3.8) is 0 Å². The van der Waals surface area contributed by atoms with Crippen LogP contribution in [0.15, 0.2) is 72.8 Å². The van der Waals surface area contributed by atoms with Crippen molar-refractivity contribution in [2.24, 2.45) is 0 Å². The summed E-state index contributed by atoms with van der Waals surface area (Å²) in [6.45, 7) is -0.0912. The van der Waals surface area contributed by atoms with E-state index < -0.39 is 34.5 Å². The Balaban J connectivity index is 1.71. The molecule has 0 radical (unpaired) electrons. The molecule has 0 bridgehead atoms. The van der Waals surface area contributed by atoms with E-state index in [1.807, 2.05) is 0 Å². The summed E-state index contributed by atoms with van der Waals surface area (Å²) in [5.74, 6) is -2.15. The smallest absolute Gasteiger partial charge is 0.270 e. The van der Waals surface area contributed by atoms with E-state index in [9.17, 15) is 28.9 Å². The van der Waals surface area contributed by atoms with Crippen LogP contribution in [0.1, 0.15) is 22.3 Å². The van der Waals surface area contributed by atoms with Crippen molar-refractivity contribution >= 4 is 51.7 Å². The Hall–Kier alpha value is -3.67. The van der Waals surface area contributed by atoms with Gasteiger partial charge in [-0.15, -0.1) is 0 Å². The highest BCUT2D eigenvalue weighted by molar-refractivity contribution is 14.1. The Labute approximate surface area is 207 Å². The molecule has 10 heteroatoms. The third kappa shape index (κ3) is 4.81. The molecule has 0 N–H and O–H groups in total. The van der Waals surface area contributed by atoms with Crippen LogP contribution in [0.2, 0.25) is 0 Å². The molecule has 0 aromatic heterocycles. The first-order valence-electron chi connectivity index (χ1n) is 10.2. The van der Waals surface area contributed by atoms with Crippen LogP contribution in [0.5, 0.6) is 0 Å². The molecule has 1 unspecified atom stereocenters. The van der Waals surface area contributed by atoms with Crippen LogP contribution in [0.25, 0.3) is 0 Å². The zero-order valence-corrected chi connectivity index (χ0v) is 19.7. The van der Waals surface area contributed by atoms with Crippen LogP contribution < -0.4 is 4.90 Å². The summed E-state index contributed by atoms with van der Waals surface area (Å²) in [5, 5.41) is 11.2. The van der Waals surface area contributed by atoms with Gasteiger partial charge in [-0.05, 0) is 70.6 Å². The number of carbonyl (C=O) groups is 3. The Bertz CT molecular complexity index is 1280. The van der Waals surface area contributed by atoms with Gasteiger partial charge in [0.25, 0.3) is 17.5 Å². The van der Waals surface area contributed by atoms with Gasteiger partial charge in [0.2, 0.25) is 5.91 Å². The molecule has 1 heterocycles. The number of hydrogen-bond donors (Lipinski definition) is 0. The summed E-state index contributed by atoms with van der Waals surface area (Å²) in [6, 6.07) is 16.2. The first kappa shape index (κ1) is 23.5. The first-order chi connectivity index (χ1) is 16.2. The van der Waals surface area contributed by atoms with Crippen molar-refractivity contribution in [3.05, 3.63) is 103 Å². The van der Waals surface area contributed by atoms with Crippen LogP contribution in [0.4, 0.5) is 15.8 Å². The van der Waals surface area contributed by atoms with Gasteiger partial charge in [-0.25, -0.2) is 9.29 Å².